The third-order valence-corrected chi connectivity index (χ3v) is 4.25. The minimum absolute atomic E-state index is 0.0149. The van der Waals surface area contributed by atoms with E-state index >= 15 is 0 Å². The van der Waals surface area contributed by atoms with Gasteiger partial charge < -0.3 is 20.0 Å². The molecule has 1 aromatic rings. The summed E-state index contributed by atoms with van der Waals surface area (Å²) in [6, 6.07) is 7.84. The topological polar surface area (TPSA) is 55.9 Å². The molecule has 1 aromatic carbocycles. The van der Waals surface area contributed by atoms with E-state index in [4.69, 9.17) is 0 Å². The molecule has 1 aliphatic heterocycles. The summed E-state index contributed by atoms with van der Waals surface area (Å²) in [5.74, 6) is -0.263. The Balaban J connectivity index is 1.89. The van der Waals surface area contributed by atoms with Crippen molar-refractivity contribution >= 4 is 23.2 Å². The lowest BCUT2D eigenvalue weighted by Gasteiger charge is -2.19. The Morgan fingerprint density at radius 2 is 1.88 bits per heavy atom. The summed E-state index contributed by atoms with van der Waals surface area (Å²) in [4.78, 5) is 30.3. The fraction of sp³-hybridized carbons (Fsp3) is 0.556. The Bertz CT molecular complexity index is 569. The minimum atomic E-state index is -0.259. The quantitative estimate of drug-likeness (QED) is 0.762. The highest BCUT2D eigenvalue weighted by Gasteiger charge is 2.34. The first-order valence-corrected chi connectivity index (χ1v) is 8.38. The molecule has 0 radical (unpaired) electrons. The Morgan fingerprint density at radius 1 is 1.21 bits per heavy atom. The molecular weight excluding hydrogens is 304 g/mol. The van der Waals surface area contributed by atoms with Crippen molar-refractivity contribution in [3.63, 3.8) is 0 Å². The molecule has 0 aliphatic carbocycles. The minimum Gasteiger partial charge on any atom is -0.378 e. The number of benzene rings is 1. The molecule has 6 nitrogen and oxygen atoms in total. The molecule has 132 valence electrons. The number of rotatable bonds is 7. The third-order valence-electron chi connectivity index (χ3n) is 4.25. The van der Waals surface area contributed by atoms with Crippen molar-refractivity contribution in [2.24, 2.45) is 5.92 Å². The highest BCUT2D eigenvalue weighted by atomic mass is 16.2. The van der Waals surface area contributed by atoms with Gasteiger partial charge in [0.15, 0.2) is 0 Å². The molecule has 2 rings (SSSR count). The van der Waals surface area contributed by atoms with E-state index < -0.39 is 0 Å². The fourth-order valence-electron chi connectivity index (χ4n) is 2.81. The van der Waals surface area contributed by atoms with Gasteiger partial charge in [-0.15, -0.1) is 0 Å². The summed E-state index contributed by atoms with van der Waals surface area (Å²) in [7, 11) is 7.98. The molecule has 0 aromatic heterocycles. The van der Waals surface area contributed by atoms with Crippen LogP contribution in [0.15, 0.2) is 24.3 Å². The zero-order chi connectivity index (χ0) is 17.7. The standard InChI is InChI=1S/C18H28N4O2/c1-20(2)11-5-10-19-18(24)14-12-17(23)22(13-14)16-8-6-15(7-9-16)21(3)4/h6-9,14H,5,10-13H2,1-4H3,(H,19,24). The number of amides is 2. The van der Waals surface area contributed by atoms with Crippen LogP contribution in [-0.4, -0.2) is 64.5 Å². The van der Waals surface area contributed by atoms with Crippen LogP contribution in [0.5, 0.6) is 0 Å². The number of hydrogen-bond acceptors (Lipinski definition) is 4. The summed E-state index contributed by atoms with van der Waals surface area (Å²) in [5, 5.41) is 2.95. The highest BCUT2D eigenvalue weighted by molar-refractivity contribution is 6.00. The lowest BCUT2D eigenvalue weighted by atomic mass is 10.1. The van der Waals surface area contributed by atoms with Crippen LogP contribution in [0.4, 0.5) is 11.4 Å². The largest absolute Gasteiger partial charge is 0.378 e. The smallest absolute Gasteiger partial charge is 0.227 e. The number of nitrogens with one attached hydrogen (secondary N) is 1. The molecule has 1 saturated heterocycles. The monoisotopic (exact) mass is 332 g/mol. The van der Waals surface area contributed by atoms with Crippen molar-refractivity contribution in [2.45, 2.75) is 12.8 Å². The number of carbonyl (C=O) groups is 2. The summed E-state index contributed by atoms with van der Waals surface area (Å²) < 4.78 is 0. The molecule has 1 aliphatic rings. The van der Waals surface area contributed by atoms with Gasteiger partial charge in [-0.25, -0.2) is 0 Å². The summed E-state index contributed by atoms with van der Waals surface area (Å²) in [6.45, 7) is 2.05. The first-order valence-electron chi connectivity index (χ1n) is 8.38. The van der Waals surface area contributed by atoms with Crippen molar-refractivity contribution in [3.05, 3.63) is 24.3 Å². The average molecular weight is 332 g/mol. The first-order chi connectivity index (χ1) is 11.4. The Hall–Kier alpha value is -2.08. The molecule has 0 bridgehead atoms. The van der Waals surface area contributed by atoms with E-state index in [-0.39, 0.29) is 24.2 Å². The zero-order valence-corrected chi connectivity index (χ0v) is 15.1. The maximum atomic E-state index is 12.3. The molecule has 0 spiro atoms. The van der Waals surface area contributed by atoms with E-state index in [0.29, 0.717) is 13.1 Å². The van der Waals surface area contributed by atoms with Crippen molar-refractivity contribution < 1.29 is 9.59 Å². The van der Waals surface area contributed by atoms with Crippen molar-refractivity contribution in [1.29, 1.82) is 0 Å². The van der Waals surface area contributed by atoms with E-state index in [1.165, 1.54) is 0 Å². The number of carbonyl (C=O) groups excluding carboxylic acids is 2. The molecule has 1 fully saturated rings. The molecule has 1 unspecified atom stereocenters. The number of nitrogens with zero attached hydrogens (tertiary/aromatic N) is 3. The number of hydrogen-bond donors (Lipinski definition) is 1. The van der Waals surface area contributed by atoms with Gasteiger partial charge in [-0.1, -0.05) is 0 Å². The van der Waals surface area contributed by atoms with Gasteiger partial charge in [0.05, 0.1) is 5.92 Å². The van der Waals surface area contributed by atoms with Crippen LogP contribution in [0.25, 0.3) is 0 Å². The molecule has 1 atom stereocenters. The molecule has 2 amide bonds. The van der Waals surface area contributed by atoms with E-state index in [1.54, 1.807) is 4.90 Å². The van der Waals surface area contributed by atoms with Crippen LogP contribution >= 0.6 is 0 Å². The molecular formula is C18H28N4O2. The van der Waals surface area contributed by atoms with Crippen molar-refractivity contribution in [1.82, 2.24) is 10.2 Å². The van der Waals surface area contributed by atoms with Gasteiger partial charge >= 0.3 is 0 Å². The van der Waals surface area contributed by atoms with Crippen LogP contribution in [-0.2, 0) is 9.59 Å². The SMILES string of the molecule is CN(C)CCCNC(=O)C1CC(=O)N(c2ccc(N(C)C)cc2)C1. The second-order valence-electron chi connectivity index (χ2n) is 6.76. The zero-order valence-electron chi connectivity index (χ0n) is 15.1. The van der Waals surface area contributed by atoms with Crippen LogP contribution in [0.1, 0.15) is 12.8 Å². The molecule has 1 heterocycles. The van der Waals surface area contributed by atoms with Crippen LogP contribution in [0.3, 0.4) is 0 Å². The molecule has 0 saturated carbocycles. The van der Waals surface area contributed by atoms with E-state index in [2.05, 4.69) is 10.2 Å². The third kappa shape index (κ3) is 4.71. The van der Waals surface area contributed by atoms with Crippen LogP contribution in [0, 0.1) is 5.92 Å². The summed E-state index contributed by atoms with van der Waals surface area (Å²) in [5.41, 5.74) is 1.94. The number of anilines is 2. The molecule has 1 N–H and O–H groups in total. The van der Waals surface area contributed by atoms with Crippen LogP contribution < -0.4 is 15.1 Å². The van der Waals surface area contributed by atoms with Gasteiger partial charge in [-0.3, -0.25) is 9.59 Å². The average Bonchev–Trinajstić information content (AvgIpc) is 2.93. The van der Waals surface area contributed by atoms with Gasteiger partial charge in [-0.2, -0.15) is 0 Å². The van der Waals surface area contributed by atoms with Gasteiger partial charge in [0.25, 0.3) is 0 Å². The predicted molar refractivity (Wildman–Crippen MR) is 97.4 cm³/mol. The van der Waals surface area contributed by atoms with Gasteiger partial charge in [0.2, 0.25) is 11.8 Å². The van der Waals surface area contributed by atoms with E-state index in [9.17, 15) is 9.59 Å². The second-order valence-corrected chi connectivity index (χ2v) is 6.76. The van der Waals surface area contributed by atoms with Crippen molar-refractivity contribution in [2.75, 3.05) is 57.6 Å². The maximum absolute atomic E-state index is 12.3. The van der Waals surface area contributed by atoms with Gasteiger partial charge in [-0.05, 0) is 51.3 Å². The van der Waals surface area contributed by atoms with Gasteiger partial charge in [0.1, 0.15) is 0 Å². The second kappa shape index (κ2) is 8.15. The summed E-state index contributed by atoms with van der Waals surface area (Å²) >= 11 is 0. The predicted octanol–water partition coefficient (Wildman–Crippen LogP) is 1.17. The van der Waals surface area contributed by atoms with Gasteiger partial charge in [0, 0.05) is 45.0 Å². The Kier molecular flexibility index (Phi) is 6.20. The van der Waals surface area contributed by atoms with E-state index in [0.717, 1.165) is 24.3 Å². The lowest BCUT2D eigenvalue weighted by molar-refractivity contribution is -0.126. The normalized spacial score (nSPS) is 17.5. The fourth-order valence-corrected chi connectivity index (χ4v) is 2.81. The van der Waals surface area contributed by atoms with E-state index in [1.807, 2.05) is 57.4 Å². The first kappa shape index (κ1) is 18.3. The lowest BCUT2D eigenvalue weighted by Crippen LogP contribution is -2.34. The van der Waals surface area contributed by atoms with Crippen LogP contribution in [0.2, 0.25) is 0 Å². The van der Waals surface area contributed by atoms with Crippen molar-refractivity contribution in [3.8, 4) is 0 Å². The summed E-state index contributed by atoms with van der Waals surface area (Å²) in [6.07, 6.45) is 1.20. The highest BCUT2D eigenvalue weighted by Crippen LogP contribution is 2.26. The Morgan fingerprint density at radius 3 is 2.46 bits per heavy atom. The Labute approximate surface area is 144 Å². The maximum Gasteiger partial charge on any atom is 0.227 e. The molecule has 6 heteroatoms. The molecule has 24 heavy (non-hydrogen) atoms.